The number of halogens is 2. The molecule has 1 aliphatic heterocycles. The summed E-state index contributed by atoms with van der Waals surface area (Å²) in [5, 5.41) is 3.70. The largest absolute Gasteiger partial charge is 0.495 e. The van der Waals surface area contributed by atoms with E-state index in [-0.39, 0.29) is 11.9 Å². The van der Waals surface area contributed by atoms with E-state index in [4.69, 9.17) is 16.3 Å². The Morgan fingerprint density at radius 1 is 1.53 bits per heavy atom. The van der Waals surface area contributed by atoms with Crippen molar-refractivity contribution >= 4 is 11.6 Å². The van der Waals surface area contributed by atoms with Gasteiger partial charge in [-0.15, -0.1) is 0 Å². The van der Waals surface area contributed by atoms with Crippen LogP contribution >= 0.6 is 11.6 Å². The molecule has 1 N–H and O–H groups in total. The molecule has 1 aliphatic rings. The summed E-state index contributed by atoms with van der Waals surface area (Å²) in [4.78, 5) is 0. The quantitative estimate of drug-likeness (QED) is 0.842. The second-order valence-corrected chi connectivity index (χ2v) is 4.06. The fourth-order valence-electron chi connectivity index (χ4n) is 1.92. The van der Waals surface area contributed by atoms with E-state index in [1.165, 1.54) is 13.2 Å². The maximum absolute atomic E-state index is 13.7. The summed E-state index contributed by atoms with van der Waals surface area (Å²) >= 11 is 5.96. The van der Waals surface area contributed by atoms with E-state index in [1.54, 1.807) is 6.07 Å². The Balaban J connectivity index is 2.35. The average molecular weight is 230 g/mol. The van der Waals surface area contributed by atoms with Crippen LogP contribution in [0, 0.1) is 5.82 Å². The molecule has 1 heterocycles. The minimum atomic E-state index is -0.254. The first-order valence-corrected chi connectivity index (χ1v) is 5.36. The van der Waals surface area contributed by atoms with Crippen LogP contribution in [0.5, 0.6) is 5.75 Å². The first-order valence-electron chi connectivity index (χ1n) is 4.98. The van der Waals surface area contributed by atoms with Crippen molar-refractivity contribution in [2.45, 2.75) is 18.9 Å². The van der Waals surface area contributed by atoms with Gasteiger partial charge in [0.1, 0.15) is 11.6 Å². The molecule has 0 saturated carbocycles. The Morgan fingerprint density at radius 3 is 2.93 bits per heavy atom. The van der Waals surface area contributed by atoms with Gasteiger partial charge in [0.25, 0.3) is 0 Å². The van der Waals surface area contributed by atoms with Crippen LogP contribution in [0.1, 0.15) is 24.4 Å². The third-order valence-corrected chi connectivity index (χ3v) is 3.00. The summed E-state index contributed by atoms with van der Waals surface area (Å²) in [5.41, 5.74) is 0.637. The third kappa shape index (κ3) is 2.08. The number of hydrogen-bond acceptors (Lipinski definition) is 2. The highest BCUT2D eigenvalue weighted by atomic mass is 35.5. The molecule has 2 rings (SSSR count). The SMILES string of the molecule is COc1cc(F)c(C2CCCN2)cc1Cl. The van der Waals surface area contributed by atoms with E-state index < -0.39 is 0 Å². The van der Waals surface area contributed by atoms with E-state index in [0.29, 0.717) is 16.3 Å². The number of rotatable bonds is 2. The topological polar surface area (TPSA) is 21.3 Å². The molecule has 1 unspecified atom stereocenters. The van der Waals surface area contributed by atoms with Crippen LogP contribution in [0.15, 0.2) is 12.1 Å². The number of nitrogens with one attached hydrogen (secondary N) is 1. The summed E-state index contributed by atoms with van der Waals surface area (Å²) < 4.78 is 18.6. The van der Waals surface area contributed by atoms with Crippen LogP contribution in [0.25, 0.3) is 0 Å². The molecule has 4 heteroatoms. The minimum Gasteiger partial charge on any atom is -0.495 e. The van der Waals surface area contributed by atoms with Gasteiger partial charge in [-0.1, -0.05) is 11.6 Å². The van der Waals surface area contributed by atoms with Crippen LogP contribution in [0.2, 0.25) is 5.02 Å². The Labute approximate surface area is 93.4 Å². The lowest BCUT2D eigenvalue weighted by Gasteiger charge is -2.13. The highest BCUT2D eigenvalue weighted by Gasteiger charge is 2.21. The van der Waals surface area contributed by atoms with Gasteiger partial charge in [-0.3, -0.25) is 0 Å². The molecule has 1 aromatic rings. The summed E-state index contributed by atoms with van der Waals surface area (Å²) in [5.74, 6) is 0.131. The smallest absolute Gasteiger partial charge is 0.140 e. The van der Waals surface area contributed by atoms with Gasteiger partial charge in [0, 0.05) is 17.7 Å². The van der Waals surface area contributed by atoms with Gasteiger partial charge in [0.05, 0.1) is 12.1 Å². The van der Waals surface area contributed by atoms with Gasteiger partial charge in [-0.05, 0) is 25.5 Å². The van der Waals surface area contributed by atoms with Crippen molar-refractivity contribution in [3.63, 3.8) is 0 Å². The fraction of sp³-hybridized carbons (Fsp3) is 0.455. The van der Waals surface area contributed by atoms with Crippen molar-refractivity contribution in [1.82, 2.24) is 5.32 Å². The molecule has 0 radical (unpaired) electrons. The Bertz CT molecular complexity index is 364. The molecular weight excluding hydrogens is 217 g/mol. The molecule has 0 aliphatic carbocycles. The maximum Gasteiger partial charge on any atom is 0.140 e. The van der Waals surface area contributed by atoms with Crippen molar-refractivity contribution in [3.8, 4) is 5.75 Å². The van der Waals surface area contributed by atoms with Gasteiger partial charge < -0.3 is 10.1 Å². The van der Waals surface area contributed by atoms with Crippen molar-refractivity contribution in [2.24, 2.45) is 0 Å². The summed E-state index contributed by atoms with van der Waals surface area (Å²) in [6.45, 7) is 0.938. The van der Waals surface area contributed by atoms with Crippen LogP contribution in [-0.2, 0) is 0 Å². The summed E-state index contributed by atoms with van der Waals surface area (Å²) in [7, 11) is 1.48. The summed E-state index contributed by atoms with van der Waals surface area (Å²) in [6, 6.07) is 3.09. The minimum absolute atomic E-state index is 0.0911. The summed E-state index contributed by atoms with van der Waals surface area (Å²) in [6.07, 6.45) is 2.04. The molecule has 1 atom stereocenters. The van der Waals surface area contributed by atoms with Gasteiger partial charge in [-0.25, -0.2) is 4.39 Å². The first kappa shape index (κ1) is 10.7. The number of methoxy groups -OCH3 is 1. The van der Waals surface area contributed by atoms with E-state index in [0.717, 1.165) is 19.4 Å². The second-order valence-electron chi connectivity index (χ2n) is 3.66. The molecule has 0 spiro atoms. The van der Waals surface area contributed by atoms with E-state index in [1.807, 2.05) is 0 Å². The van der Waals surface area contributed by atoms with Gasteiger partial charge in [0.15, 0.2) is 0 Å². The predicted molar refractivity (Wildman–Crippen MR) is 57.9 cm³/mol. The molecule has 2 nitrogen and oxygen atoms in total. The average Bonchev–Trinajstić information content (AvgIpc) is 2.74. The molecule has 82 valence electrons. The van der Waals surface area contributed by atoms with Crippen LogP contribution in [0.4, 0.5) is 4.39 Å². The number of ether oxygens (including phenoxy) is 1. The van der Waals surface area contributed by atoms with Gasteiger partial charge >= 0.3 is 0 Å². The fourth-order valence-corrected chi connectivity index (χ4v) is 2.17. The lowest BCUT2D eigenvalue weighted by Crippen LogP contribution is -2.14. The monoisotopic (exact) mass is 229 g/mol. The van der Waals surface area contributed by atoms with E-state index in [2.05, 4.69) is 5.32 Å². The standard InChI is InChI=1S/C11H13ClFNO/c1-15-11-6-9(13)7(5-8(11)12)10-3-2-4-14-10/h5-6,10,14H,2-4H2,1H3. The Hall–Kier alpha value is -0.800. The van der Waals surface area contributed by atoms with Crippen molar-refractivity contribution < 1.29 is 9.13 Å². The molecule has 0 aromatic heterocycles. The Morgan fingerprint density at radius 2 is 2.33 bits per heavy atom. The number of benzene rings is 1. The zero-order chi connectivity index (χ0) is 10.8. The molecule has 1 aromatic carbocycles. The molecule has 0 bridgehead atoms. The highest BCUT2D eigenvalue weighted by molar-refractivity contribution is 6.32. The zero-order valence-corrected chi connectivity index (χ0v) is 9.27. The lowest BCUT2D eigenvalue weighted by atomic mass is 10.0. The predicted octanol–water partition coefficient (Wildman–Crippen LogP) is 2.91. The normalized spacial score (nSPS) is 20.6. The van der Waals surface area contributed by atoms with Gasteiger partial charge in [-0.2, -0.15) is 0 Å². The van der Waals surface area contributed by atoms with E-state index in [9.17, 15) is 4.39 Å². The first-order chi connectivity index (χ1) is 7.22. The van der Waals surface area contributed by atoms with Crippen molar-refractivity contribution in [2.75, 3.05) is 13.7 Å². The van der Waals surface area contributed by atoms with Gasteiger partial charge in [0.2, 0.25) is 0 Å². The van der Waals surface area contributed by atoms with Crippen LogP contribution < -0.4 is 10.1 Å². The highest BCUT2D eigenvalue weighted by Crippen LogP contribution is 2.33. The zero-order valence-electron chi connectivity index (χ0n) is 8.52. The second kappa shape index (κ2) is 4.37. The number of hydrogen-bond donors (Lipinski definition) is 1. The third-order valence-electron chi connectivity index (χ3n) is 2.71. The van der Waals surface area contributed by atoms with Crippen LogP contribution in [0.3, 0.4) is 0 Å². The molecule has 1 fully saturated rings. The molecule has 15 heavy (non-hydrogen) atoms. The molecular formula is C11H13ClFNO. The van der Waals surface area contributed by atoms with Crippen molar-refractivity contribution in [1.29, 1.82) is 0 Å². The molecule has 1 saturated heterocycles. The van der Waals surface area contributed by atoms with Crippen molar-refractivity contribution in [3.05, 3.63) is 28.5 Å². The Kier molecular flexibility index (Phi) is 3.12. The van der Waals surface area contributed by atoms with Crippen LogP contribution in [-0.4, -0.2) is 13.7 Å². The van der Waals surface area contributed by atoms with E-state index >= 15 is 0 Å². The maximum atomic E-state index is 13.7. The lowest BCUT2D eigenvalue weighted by molar-refractivity contribution is 0.410. The molecule has 0 amide bonds.